The first-order valence-electron chi connectivity index (χ1n) is 10.6. The van der Waals surface area contributed by atoms with Crippen molar-refractivity contribution in [3.8, 4) is 11.4 Å². The van der Waals surface area contributed by atoms with Crippen LogP contribution in [0.5, 0.6) is 0 Å². The van der Waals surface area contributed by atoms with Crippen molar-refractivity contribution in [1.29, 1.82) is 0 Å². The Labute approximate surface area is 195 Å². The zero-order valence-electron chi connectivity index (χ0n) is 18.2. The summed E-state index contributed by atoms with van der Waals surface area (Å²) >= 11 is 0. The maximum atomic E-state index is 5.66. The van der Waals surface area contributed by atoms with E-state index in [1.54, 1.807) is 18.5 Å². The second-order valence-electron chi connectivity index (χ2n) is 7.61. The molecule has 2 aromatic carbocycles. The lowest BCUT2D eigenvalue weighted by Crippen LogP contribution is -2.11. The van der Waals surface area contributed by atoms with E-state index >= 15 is 0 Å². The van der Waals surface area contributed by atoms with Gasteiger partial charge in [-0.15, -0.1) is 0 Å². The fourth-order valence-electron chi connectivity index (χ4n) is 3.73. The Balaban J connectivity index is 1.44. The highest BCUT2D eigenvalue weighted by Gasteiger charge is 2.11. The predicted octanol–water partition coefficient (Wildman–Crippen LogP) is 4.08. The van der Waals surface area contributed by atoms with E-state index in [9.17, 15) is 0 Å². The molecule has 0 aliphatic carbocycles. The second kappa shape index (κ2) is 8.83. The molecule has 0 aliphatic rings. The van der Waals surface area contributed by atoms with Crippen molar-refractivity contribution in [2.45, 2.75) is 0 Å². The lowest BCUT2D eigenvalue weighted by molar-refractivity contribution is 1.12. The SMILES string of the molecule is C=C(NC(/C=C\N)=C/N)c1c[nH]c2ccc(-c3nccc(Nc4ccc5[nH]ncc5c4)n3)cc12. The van der Waals surface area contributed by atoms with Crippen LogP contribution in [0.3, 0.4) is 0 Å². The number of nitrogens with zero attached hydrogens (tertiary/aromatic N) is 3. The van der Waals surface area contributed by atoms with Crippen molar-refractivity contribution in [3.63, 3.8) is 0 Å². The Morgan fingerprint density at radius 2 is 1.94 bits per heavy atom. The zero-order valence-corrected chi connectivity index (χ0v) is 18.2. The van der Waals surface area contributed by atoms with E-state index < -0.39 is 0 Å². The number of H-pyrrole nitrogens is 2. The molecule has 5 aromatic rings. The highest BCUT2D eigenvalue weighted by Crippen LogP contribution is 2.28. The average Bonchev–Trinajstić information content (AvgIpc) is 3.50. The standard InChI is InChI=1S/C25H23N9/c1-15(31-19(12-27)6-8-26)21-14-29-23-4-2-16(11-20(21)23)25-28-9-7-24(33-25)32-18-3-5-22-17(10-18)13-30-34-22/h2-14,29,31H,1,26-27H2,(H,30,34)(H,28,32,33)/b8-6-,19-12+. The van der Waals surface area contributed by atoms with Gasteiger partial charge in [-0.2, -0.15) is 5.10 Å². The van der Waals surface area contributed by atoms with Crippen molar-refractivity contribution in [2.75, 3.05) is 5.32 Å². The molecule has 0 radical (unpaired) electrons. The Kier molecular flexibility index (Phi) is 5.41. The van der Waals surface area contributed by atoms with E-state index in [4.69, 9.17) is 16.5 Å². The topological polar surface area (TPSA) is 146 Å². The van der Waals surface area contributed by atoms with E-state index in [2.05, 4.69) is 37.4 Å². The van der Waals surface area contributed by atoms with Crippen LogP contribution in [0.15, 0.2) is 91.8 Å². The zero-order chi connectivity index (χ0) is 23.5. The number of hydrogen-bond donors (Lipinski definition) is 6. The van der Waals surface area contributed by atoms with Crippen molar-refractivity contribution >= 4 is 39.0 Å². The van der Waals surface area contributed by atoms with Crippen LogP contribution in [0.2, 0.25) is 0 Å². The highest BCUT2D eigenvalue weighted by molar-refractivity contribution is 5.94. The largest absolute Gasteiger partial charge is 0.405 e. The third kappa shape index (κ3) is 4.05. The van der Waals surface area contributed by atoms with Crippen LogP contribution in [-0.4, -0.2) is 25.1 Å². The number of hydrogen-bond acceptors (Lipinski definition) is 7. The number of aromatic nitrogens is 5. The normalized spacial score (nSPS) is 11.9. The molecule has 0 saturated heterocycles. The van der Waals surface area contributed by atoms with Gasteiger partial charge in [-0.25, -0.2) is 9.97 Å². The number of allylic oxidation sites excluding steroid dienone is 1. The lowest BCUT2D eigenvalue weighted by Gasteiger charge is -2.10. The highest BCUT2D eigenvalue weighted by atomic mass is 15.1. The van der Waals surface area contributed by atoms with Crippen LogP contribution in [-0.2, 0) is 0 Å². The number of fused-ring (bicyclic) bond motifs is 2. The summed E-state index contributed by atoms with van der Waals surface area (Å²) in [4.78, 5) is 12.5. The smallest absolute Gasteiger partial charge is 0.161 e. The van der Waals surface area contributed by atoms with Gasteiger partial charge >= 0.3 is 0 Å². The van der Waals surface area contributed by atoms with Gasteiger partial charge in [0.15, 0.2) is 5.82 Å². The number of rotatable bonds is 7. The molecule has 0 amide bonds. The van der Waals surface area contributed by atoms with Gasteiger partial charge in [-0.1, -0.05) is 6.58 Å². The maximum Gasteiger partial charge on any atom is 0.161 e. The van der Waals surface area contributed by atoms with Crippen LogP contribution < -0.4 is 22.1 Å². The predicted molar refractivity (Wildman–Crippen MR) is 136 cm³/mol. The first-order chi connectivity index (χ1) is 16.6. The number of aromatic amines is 2. The van der Waals surface area contributed by atoms with Crippen molar-refractivity contribution in [1.82, 2.24) is 30.5 Å². The van der Waals surface area contributed by atoms with E-state index in [0.29, 0.717) is 23.0 Å². The Morgan fingerprint density at radius 1 is 1.06 bits per heavy atom. The molecule has 0 bridgehead atoms. The Morgan fingerprint density at radius 3 is 2.79 bits per heavy atom. The summed E-state index contributed by atoms with van der Waals surface area (Å²) in [6.45, 7) is 4.15. The van der Waals surface area contributed by atoms with Gasteiger partial charge in [0.05, 0.1) is 17.4 Å². The molecular formula is C25H23N9. The minimum absolute atomic E-state index is 0.607. The average molecular weight is 450 g/mol. The van der Waals surface area contributed by atoms with E-state index in [0.717, 1.165) is 38.6 Å². The van der Waals surface area contributed by atoms with Crippen molar-refractivity contribution < 1.29 is 0 Å². The minimum atomic E-state index is 0.607. The number of nitrogens with one attached hydrogen (secondary N) is 4. The fraction of sp³-hybridized carbons (Fsp3) is 0. The summed E-state index contributed by atoms with van der Waals surface area (Å²) in [7, 11) is 0. The molecule has 0 atom stereocenters. The Bertz CT molecular complexity index is 1560. The summed E-state index contributed by atoms with van der Waals surface area (Å²) < 4.78 is 0. The molecule has 8 N–H and O–H groups in total. The molecule has 0 unspecified atom stereocenters. The monoisotopic (exact) mass is 449 g/mol. The number of anilines is 2. The molecule has 0 saturated carbocycles. The third-order valence-electron chi connectivity index (χ3n) is 5.38. The van der Waals surface area contributed by atoms with E-state index in [1.165, 1.54) is 12.4 Å². The third-order valence-corrected chi connectivity index (χ3v) is 5.38. The molecule has 5 rings (SSSR count). The molecule has 0 spiro atoms. The first-order valence-corrected chi connectivity index (χ1v) is 10.6. The summed E-state index contributed by atoms with van der Waals surface area (Å²) in [6.07, 6.45) is 9.94. The van der Waals surface area contributed by atoms with Gasteiger partial charge in [-0.3, -0.25) is 5.10 Å². The van der Waals surface area contributed by atoms with Crippen LogP contribution in [0, 0.1) is 0 Å². The molecule has 0 fully saturated rings. The van der Waals surface area contributed by atoms with Gasteiger partial charge in [0.25, 0.3) is 0 Å². The molecule has 34 heavy (non-hydrogen) atoms. The summed E-state index contributed by atoms with van der Waals surface area (Å²) in [6, 6.07) is 13.8. The van der Waals surface area contributed by atoms with Gasteiger partial charge in [-0.05, 0) is 54.7 Å². The van der Waals surface area contributed by atoms with Crippen LogP contribution >= 0.6 is 0 Å². The molecule has 9 heteroatoms. The molecule has 0 aliphatic heterocycles. The summed E-state index contributed by atoms with van der Waals surface area (Å²) in [5.74, 6) is 1.30. The number of benzene rings is 2. The van der Waals surface area contributed by atoms with Crippen LogP contribution in [0.25, 0.3) is 38.9 Å². The van der Waals surface area contributed by atoms with Crippen LogP contribution in [0.4, 0.5) is 11.5 Å². The van der Waals surface area contributed by atoms with Gasteiger partial charge in [0, 0.05) is 57.4 Å². The molecule has 3 heterocycles. The van der Waals surface area contributed by atoms with Gasteiger partial charge < -0.3 is 27.1 Å². The fourth-order valence-corrected chi connectivity index (χ4v) is 3.73. The van der Waals surface area contributed by atoms with Gasteiger partial charge in [0.1, 0.15) is 5.82 Å². The molecule has 168 valence electrons. The second-order valence-corrected chi connectivity index (χ2v) is 7.61. The minimum Gasteiger partial charge on any atom is -0.405 e. The van der Waals surface area contributed by atoms with Crippen molar-refractivity contribution in [2.24, 2.45) is 11.5 Å². The Hall–Kier alpha value is -5.05. The quantitative estimate of drug-likeness (QED) is 0.205. The van der Waals surface area contributed by atoms with E-state index in [1.807, 2.05) is 48.7 Å². The summed E-state index contributed by atoms with van der Waals surface area (Å²) in [5.41, 5.74) is 17.1. The molecular weight excluding hydrogens is 426 g/mol. The first kappa shape index (κ1) is 20.8. The maximum absolute atomic E-state index is 5.66. The van der Waals surface area contributed by atoms with Gasteiger partial charge in [0.2, 0.25) is 0 Å². The number of nitrogens with two attached hydrogens (primary N) is 2. The molecule has 3 aromatic heterocycles. The van der Waals surface area contributed by atoms with Crippen molar-refractivity contribution in [3.05, 3.63) is 97.4 Å². The summed E-state index contributed by atoms with van der Waals surface area (Å²) in [5, 5.41) is 15.5. The van der Waals surface area contributed by atoms with Crippen LogP contribution in [0.1, 0.15) is 5.56 Å². The molecule has 9 nitrogen and oxygen atoms in total. The van der Waals surface area contributed by atoms with E-state index in [-0.39, 0.29) is 0 Å². The lowest BCUT2D eigenvalue weighted by atomic mass is 10.1.